The van der Waals surface area contributed by atoms with E-state index in [0.717, 1.165) is 48.1 Å². The summed E-state index contributed by atoms with van der Waals surface area (Å²) in [5.41, 5.74) is 2.08. The maximum absolute atomic E-state index is 5.73. The summed E-state index contributed by atoms with van der Waals surface area (Å²) in [6.07, 6.45) is 1.74. The van der Waals surface area contributed by atoms with Gasteiger partial charge in [0.2, 0.25) is 6.79 Å². The Morgan fingerprint density at radius 2 is 1.67 bits per heavy atom. The number of anilines is 1. The molecule has 142 valence electrons. The number of guanidine groups is 1. The van der Waals surface area contributed by atoms with Gasteiger partial charge in [-0.3, -0.25) is 4.99 Å². The Kier molecular flexibility index (Phi) is 5.18. The zero-order valence-corrected chi connectivity index (χ0v) is 15.3. The maximum atomic E-state index is 5.73. The third kappa shape index (κ3) is 4.19. The maximum Gasteiger partial charge on any atom is 0.231 e. The normalized spacial score (nSPS) is 15.2. The molecule has 0 radical (unpaired) electrons. The molecule has 0 fully saturated rings. The van der Waals surface area contributed by atoms with E-state index in [1.165, 1.54) is 5.56 Å². The van der Waals surface area contributed by atoms with Gasteiger partial charge in [-0.15, -0.1) is 0 Å². The first-order valence-corrected chi connectivity index (χ1v) is 9.08. The molecular weight excluding hydrogens is 346 g/mol. The fourth-order valence-corrected chi connectivity index (χ4v) is 2.98. The molecule has 7 heteroatoms. The standard InChI is InChI=1S/C20H23N3O4/c1-21-20(22-8-7-14-3-5-17-18(11-14)27-13-26-17)23-15-4-6-16-19(12-15)25-10-2-9-24-16/h3-6,11-12H,2,7-10,13H2,1H3,(H2,21,22,23). The molecule has 27 heavy (non-hydrogen) atoms. The highest BCUT2D eigenvalue weighted by Crippen LogP contribution is 2.33. The predicted molar refractivity (Wildman–Crippen MR) is 103 cm³/mol. The fraction of sp³-hybridized carbons (Fsp3) is 0.350. The second-order valence-electron chi connectivity index (χ2n) is 6.27. The number of rotatable bonds is 4. The van der Waals surface area contributed by atoms with Gasteiger partial charge in [0.05, 0.1) is 13.2 Å². The molecule has 0 atom stereocenters. The molecule has 0 amide bonds. The van der Waals surface area contributed by atoms with Crippen molar-refractivity contribution in [2.24, 2.45) is 4.99 Å². The van der Waals surface area contributed by atoms with Gasteiger partial charge in [0, 0.05) is 31.8 Å². The van der Waals surface area contributed by atoms with Gasteiger partial charge in [-0.25, -0.2) is 0 Å². The van der Waals surface area contributed by atoms with Gasteiger partial charge in [-0.2, -0.15) is 0 Å². The van der Waals surface area contributed by atoms with Crippen LogP contribution in [0.3, 0.4) is 0 Å². The third-order valence-corrected chi connectivity index (χ3v) is 4.38. The van der Waals surface area contributed by atoms with Crippen molar-refractivity contribution in [2.75, 3.05) is 38.9 Å². The SMILES string of the molecule is CN=C(NCCc1ccc2c(c1)OCO2)Nc1ccc2c(c1)OCCCO2. The molecule has 2 heterocycles. The first-order valence-electron chi connectivity index (χ1n) is 9.08. The molecule has 2 aromatic carbocycles. The second kappa shape index (κ2) is 8.07. The van der Waals surface area contributed by atoms with E-state index in [1.807, 2.05) is 30.3 Å². The summed E-state index contributed by atoms with van der Waals surface area (Å²) >= 11 is 0. The van der Waals surface area contributed by atoms with Crippen molar-refractivity contribution in [3.63, 3.8) is 0 Å². The minimum absolute atomic E-state index is 0.295. The van der Waals surface area contributed by atoms with Gasteiger partial charge in [0.25, 0.3) is 0 Å². The molecule has 0 saturated heterocycles. The molecule has 0 aromatic heterocycles. The zero-order valence-electron chi connectivity index (χ0n) is 15.3. The lowest BCUT2D eigenvalue weighted by Crippen LogP contribution is -2.32. The van der Waals surface area contributed by atoms with Crippen LogP contribution < -0.4 is 29.6 Å². The Labute approximate surface area is 158 Å². The first kappa shape index (κ1) is 17.3. The van der Waals surface area contributed by atoms with Crippen molar-refractivity contribution >= 4 is 11.6 Å². The molecule has 0 saturated carbocycles. The van der Waals surface area contributed by atoms with Gasteiger partial charge in [-0.1, -0.05) is 6.07 Å². The van der Waals surface area contributed by atoms with Crippen LogP contribution in [0, 0.1) is 0 Å². The van der Waals surface area contributed by atoms with Crippen LogP contribution in [0.2, 0.25) is 0 Å². The first-order chi connectivity index (χ1) is 13.3. The molecule has 2 aromatic rings. The van der Waals surface area contributed by atoms with Crippen molar-refractivity contribution in [2.45, 2.75) is 12.8 Å². The molecule has 0 unspecified atom stereocenters. The Morgan fingerprint density at radius 1 is 0.926 bits per heavy atom. The van der Waals surface area contributed by atoms with E-state index in [-0.39, 0.29) is 0 Å². The summed E-state index contributed by atoms with van der Waals surface area (Å²) in [5, 5.41) is 6.61. The highest BCUT2D eigenvalue weighted by atomic mass is 16.7. The van der Waals surface area contributed by atoms with E-state index in [2.05, 4.69) is 21.7 Å². The highest BCUT2D eigenvalue weighted by molar-refractivity contribution is 5.93. The summed E-state index contributed by atoms with van der Waals surface area (Å²) in [5.74, 6) is 3.85. The van der Waals surface area contributed by atoms with E-state index in [1.54, 1.807) is 7.05 Å². The molecule has 2 aliphatic heterocycles. The average Bonchev–Trinajstić information content (AvgIpc) is 3.03. The van der Waals surface area contributed by atoms with E-state index in [9.17, 15) is 0 Å². The molecule has 0 aliphatic carbocycles. The van der Waals surface area contributed by atoms with E-state index < -0.39 is 0 Å². The van der Waals surface area contributed by atoms with Crippen LogP contribution >= 0.6 is 0 Å². The number of hydrogen-bond donors (Lipinski definition) is 2. The lowest BCUT2D eigenvalue weighted by atomic mass is 10.1. The predicted octanol–water partition coefficient (Wildman–Crippen LogP) is 2.81. The molecule has 2 aliphatic rings. The van der Waals surface area contributed by atoms with Crippen LogP contribution in [-0.4, -0.2) is 39.6 Å². The molecule has 7 nitrogen and oxygen atoms in total. The number of nitrogens with zero attached hydrogens (tertiary/aromatic N) is 1. The van der Waals surface area contributed by atoms with Crippen molar-refractivity contribution in [1.29, 1.82) is 0 Å². The molecule has 0 spiro atoms. The van der Waals surface area contributed by atoms with Gasteiger partial charge < -0.3 is 29.6 Å². The van der Waals surface area contributed by atoms with Crippen LogP contribution in [-0.2, 0) is 6.42 Å². The van der Waals surface area contributed by atoms with E-state index in [4.69, 9.17) is 18.9 Å². The van der Waals surface area contributed by atoms with Crippen LogP contribution in [0.25, 0.3) is 0 Å². The monoisotopic (exact) mass is 369 g/mol. The number of fused-ring (bicyclic) bond motifs is 2. The number of benzene rings is 2. The van der Waals surface area contributed by atoms with Gasteiger partial charge >= 0.3 is 0 Å². The van der Waals surface area contributed by atoms with Gasteiger partial charge in [0.1, 0.15) is 0 Å². The summed E-state index contributed by atoms with van der Waals surface area (Å²) < 4.78 is 22.2. The third-order valence-electron chi connectivity index (χ3n) is 4.38. The quantitative estimate of drug-likeness (QED) is 0.638. The van der Waals surface area contributed by atoms with Gasteiger partial charge in [0.15, 0.2) is 29.0 Å². The number of hydrogen-bond acceptors (Lipinski definition) is 5. The molecule has 4 rings (SSSR count). The molecule has 2 N–H and O–H groups in total. The lowest BCUT2D eigenvalue weighted by Gasteiger charge is -2.14. The minimum Gasteiger partial charge on any atom is -0.490 e. The average molecular weight is 369 g/mol. The topological polar surface area (TPSA) is 73.3 Å². The number of nitrogens with one attached hydrogen (secondary N) is 2. The zero-order chi connectivity index (χ0) is 18.5. The smallest absolute Gasteiger partial charge is 0.231 e. The van der Waals surface area contributed by atoms with Crippen molar-refractivity contribution < 1.29 is 18.9 Å². The molecule has 0 bridgehead atoms. The van der Waals surface area contributed by atoms with Crippen LogP contribution in [0.1, 0.15) is 12.0 Å². The Hall–Kier alpha value is -3.09. The summed E-state index contributed by atoms with van der Waals surface area (Å²) in [4.78, 5) is 4.28. The second-order valence-corrected chi connectivity index (χ2v) is 6.27. The number of aliphatic imine (C=N–C) groups is 1. The summed E-state index contributed by atoms with van der Waals surface area (Å²) in [7, 11) is 1.75. The minimum atomic E-state index is 0.295. The van der Waals surface area contributed by atoms with Crippen LogP contribution in [0.4, 0.5) is 5.69 Å². The largest absolute Gasteiger partial charge is 0.490 e. The fourth-order valence-electron chi connectivity index (χ4n) is 2.98. The van der Waals surface area contributed by atoms with Crippen molar-refractivity contribution in [3.8, 4) is 23.0 Å². The Balaban J connectivity index is 1.32. The number of ether oxygens (including phenoxy) is 4. The summed E-state index contributed by atoms with van der Waals surface area (Å²) in [6.45, 7) is 2.38. The van der Waals surface area contributed by atoms with E-state index in [0.29, 0.717) is 26.0 Å². The van der Waals surface area contributed by atoms with Crippen molar-refractivity contribution in [3.05, 3.63) is 42.0 Å². The van der Waals surface area contributed by atoms with Crippen LogP contribution in [0.15, 0.2) is 41.4 Å². The van der Waals surface area contributed by atoms with E-state index >= 15 is 0 Å². The van der Waals surface area contributed by atoms with Crippen LogP contribution in [0.5, 0.6) is 23.0 Å². The van der Waals surface area contributed by atoms with Crippen molar-refractivity contribution in [1.82, 2.24) is 5.32 Å². The Morgan fingerprint density at radius 3 is 2.56 bits per heavy atom. The van der Waals surface area contributed by atoms with Gasteiger partial charge in [-0.05, 0) is 36.2 Å². The summed E-state index contributed by atoms with van der Waals surface area (Å²) in [6, 6.07) is 11.8. The lowest BCUT2D eigenvalue weighted by molar-refractivity contribution is 0.174. The highest BCUT2D eigenvalue weighted by Gasteiger charge is 2.13. The molecular formula is C20H23N3O4. The Bertz CT molecular complexity index is 838.